The standard InChI is InChI=1S/C18H22N2/c1-13-7-8-18(17(9-13)10-14(2)19)20-11-15-5-3-4-6-16(15)12-20/h3-9,14H,10-12,19H2,1-2H3. The van der Waals surface area contributed by atoms with Crippen LogP contribution in [0.3, 0.4) is 0 Å². The van der Waals surface area contributed by atoms with Crippen LogP contribution in [0.25, 0.3) is 0 Å². The van der Waals surface area contributed by atoms with E-state index < -0.39 is 0 Å². The van der Waals surface area contributed by atoms with Gasteiger partial charge in [-0.05, 0) is 43.0 Å². The summed E-state index contributed by atoms with van der Waals surface area (Å²) >= 11 is 0. The molecular weight excluding hydrogens is 244 g/mol. The second kappa shape index (κ2) is 5.29. The SMILES string of the molecule is Cc1ccc(N2Cc3ccccc3C2)c(CC(C)N)c1. The van der Waals surface area contributed by atoms with Gasteiger partial charge < -0.3 is 10.6 Å². The van der Waals surface area contributed by atoms with Crippen LogP contribution in [0, 0.1) is 6.92 Å². The third-order valence-corrected chi connectivity index (χ3v) is 3.96. The summed E-state index contributed by atoms with van der Waals surface area (Å²) in [5.74, 6) is 0. The van der Waals surface area contributed by atoms with Gasteiger partial charge in [0.15, 0.2) is 0 Å². The second-order valence-corrected chi connectivity index (χ2v) is 5.94. The maximum absolute atomic E-state index is 6.01. The van der Waals surface area contributed by atoms with Gasteiger partial charge in [0.25, 0.3) is 0 Å². The molecule has 2 aromatic carbocycles. The number of benzene rings is 2. The van der Waals surface area contributed by atoms with E-state index in [2.05, 4.69) is 61.2 Å². The van der Waals surface area contributed by atoms with Crippen LogP contribution >= 0.6 is 0 Å². The molecule has 2 nitrogen and oxygen atoms in total. The van der Waals surface area contributed by atoms with Crippen molar-refractivity contribution in [2.75, 3.05) is 4.90 Å². The molecule has 2 N–H and O–H groups in total. The Bertz CT molecular complexity index is 592. The molecule has 1 atom stereocenters. The Morgan fingerprint density at radius 3 is 2.35 bits per heavy atom. The fourth-order valence-corrected chi connectivity index (χ4v) is 3.04. The topological polar surface area (TPSA) is 29.3 Å². The fourth-order valence-electron chi connectivity index (χ4n) is 3.04. The molecule has 0 amide bonds. The molecule has 104 valence electrons. The Kier molecular flexibility index (Phi) is 3.49. The third-order valence-electron chi connectivity index (χ3n) is 3.96. The van der Waals surface area contributed by atoms with Crippen molar-refractivity contribution in [1.29, 1.82) is 0 Å². The maximum atomic E-state index is 6.01. The normalized spacial score (nSPS) is 15.2. The Labute approximate surface area is 121 Å². The monoisotopic (exact) mass is 266 g/mol. The van der Waals surface area contributed by atoms with Crippen molar-refractivity contribution in [3.8, 4) is 0 Å². The van der Waals surface area contributed by atoms with Crippen LogP contribution in [0.2, 0.25) is 0 Å². The molecule has 3 rings (SSSR count). The first-order chi connectivity index (χ1) is 9.63. The molecular formula is C18H22N2. The van der Waals surface area contributed by atoms with Crippen LogP contribution in [0.5, 0.6) is 0 Å². The summed E-state index contributed by atoms with van der Waals surface area (Å²) in [6, 6.07) is 15.6. The van der Waals surface area contributed by atoms with E-state index in [9.17, 15) is 0 Å². The summed E-state index contributed by atoms with van der Waals surface area (Å²) in [5.41, 5.74) is 12.9. The van der Waals surface area contributed by atoms with E-state index in [1.54, 1.807) is 0 Å². The molecule has 1 heterocycles. The van der Waals surface area contributed by atoms with Crippen LogP contribution in [0.1, 0.15) is 29.2 Å². The Hall–Kier alpha value is -1.80. The van der Waals surface area contributed by atoms with E-state index in [1.807, 2.05) is 0 Å². The lowest BCUT2D eigenvalue weighted by molar-refractivity contribution is 0.731. The van der Waals surface area contributed by atoms with Gasteiger partial charge in [-0.3, -0.25) is 0 Å². The van der Waals surface area contributed by atoms with Gasteiger partial charge in [0.2, 0.25) is 0 Å². The molecule has 1 aliphatic heterocycles. The van der Waals surface area contributed by atoms with Gasteiger partial charge >= 0.3 is 0 Å². The van der Waals surface area contributed by atoms with E-state index in [0.717, 1.165) is 19.5 Å². The first kappa shape index (κ1) is 13.2. The minimum atomic E-state index is 0.195. The minimum Gasteiger partial charge on any atom is -0.363 e. The van der Waals surface area contributed by atoms with E-state index in [4.69, 9.17) is 5.73 Å². The van der Waals surface area contributed by atoms with E-state index in [1.165, 1.54) is 27.9 Å². The summed E-state index contributed by atoms with van der Waals surface area (Å²) in [6.45, 7) is 6.23. The van der Waals surface area contributed by atoms with Gasteiger partial charge in [-0.2, -0.15) is 0 Å². The predicted molar refractivity (Wildman–Crippen MR) is 84.9 cm³/mol. The third kappa shape index (κ3) is 2.56. The van der Waals surface area contributed by atoms with E-state index >= 15 is 0 Å². The maximum Gasteiger partial charge on any atom is 0.0436 e. The van der Waals surface area contributed by atoms with E-state index in [-0.39, 0.29) is 6.04 Å². The molecule has 2 heteroatoms. The largest absolute Gasteiger partial charge is 0.363 e. The van der Waals surface area contributed by atoms with Crippen LogP contribution in [0.15, 0.2) is 42.5 Å². The molecule has 0 fully saturated rings. The number of hydrogen-bond acceptors (Lipinski definition) is 2. The van der Waals surface area contributed by atoms with Crippen molar-refractivity contribution in [2.45, 2.75) is 39.4 Å². The molecule has 0 spiro atoms. The molecule has 20 heavy (non-hydrogen) atoms. The minimum absolute atomic E-state index is 0.195. The second-order valence-electron chi connectivity index (χ2n) is 5.94. The Morgan fingerprint density at radius 1 is 1.10 bits per heavy atom. The number of fused-ring (bicyclic) bond motifs is 1. The summed E-state index contributed by atoms with van der Waals surface area (Å²) < 4.78 is 0. The smallest absolute Gasteiger partial charge is 0.0436 e. The summed E-state index contributed by atoms with van der Waals surface area (Å²) in [4.78, 5) is 2.46. The molecule has 2 aromatic rings. The van der Waals surface area contributed by atoms with Crippen LogP contribution in [0.4, 0.5) is 5.69 Å². The van der Waals surface area contributed by atoms with Crippen molar-refractivity contribution >= 4 is 5.69 Å². The lowest BCUT2D eigenvalue weighted by Gasteiger charge is -2.23. The molecule has 0 aliphatic carbocycles. The highest BCUT2D eigenvalue weighted by molar-refractivity contribution is 5.58. The van der Waals surface area contributed by atoms with Crippen molar-refractivity contribution in [3.05, 3.63) is 64.7 Å². The van der Waals surface area contributed by atoms with Crippen LogP contribution < -0.4 is 10.6 Å². The number of rotatable bonds is 3. The van der Waals surface area contributed by atoms with E-state index in [0.29, 0.717) is 0 Å². The molecule has 0 saturated carbocycles. The van der Waals surface area contributed by atoms with Crippen molar-refractivity contribution in [2.24, 2.45) is 5.73 Å². The Balaban J connectivity index is 1.92. The highest BCUT2D eigenvalue weighted by Gasteiger charge is 2.20. The first-order valence-corrected chi connectivity index (χ1v) is 7.30. The van der Waals surface area contributed by atoms with Gasteiger partial charge in [-0.1, -0.05) is 42.0 Å². The van der Waals surface area contributed by atoms with Gasteiger partial charge in [0.05, 0.1) is 0 Å². The molecule has 0 radical (unpaired) electrons. The Morgan fingerprint density at radius 2 is 1.75 bits per heavy atom. The first-order valence-electron chi connectivity index (χ1n) is 7.30. The van der Waals surface area contributed by atoms with Crippen molar-refractivity contribution in [1.82, 2.24) is 0 Å². The quantitative estimate of drug-likeness (QED) is 0.922. The zero-order chi connectivity index (χ0) is 14.1. The number of hydrogen-bond donors (Lipinski definition) is 1. The van der Waals surface area contributed by atoms with Crippen LogP contribution in [-0.4, -0.2) is 6.04 Å². The lowest BCUT2D eigenvalue weighted by Crippen LogP contribution is -2.22. The van der Waals surface area contributed by atoms with Gasteiger partial charge in [-0.25, -0.2) is 0 Å². The number of anilines is 1. The zero-order valence-electron chi connectivity index (χ0n) is 12.3. The highest BCUT2D eigenvalue weighted by atomic mass is 15.1. The number of nitrogens with zero attached hydrogens (tertiary/aromatic N) is 1. The van der Waals surface area contributed by atoms with Gasteiger partial charge in [0, 0.05) is 24.8 Å². The predicted octanol–water partition coefficient (Wildman–Crippen LogP) is 3.40. The fraction of sp³-hybridized carbons (Fsp3) is 0.333. The molecule has 0 bridgehead atoms. The van der Waals surface area contributed by atoms with Gasteiger partial charge in [0.1, 0.15) is 0 Å². The summed E-state index contributed by atoms with van der Waals surface area (Å²) in [5, 5.41) is 0. The molecule has 1 aliphatic rings. The highest BCUT2D eigenvalue weighted by Crippen LogP contribution is 2.31. The molecule has 0 saturated heterocycles. The zero-order valence-corrected chi connectivity index (χ0v) is 12.3. The molecule has 1 unspecified atom stereocenters. The molecule has 0 aromatic heterocycles. The average molecular weight is 266 g/mol. The summed E-state index contributed by atoms with van der Waals surface area (Å²) in [6.07, 6.45) is 0.934. The lowest BCUT2D eigenvalue weighted by atomic mass is 10.0. The van der Waals surface area contributed by atoms with Crippen LogP contribution in [-0.2, 0) is 19.5 Å². The average Bonchev–Trinajstić information content (AvgIpc) is 2.81. The van der Waals surface area contributed by atoms with Crippen molar-refractivity contribution < 1.29 is 0 Å². The van der Waals surface area contributed by atoms with Crippen molar-refractivity contribution in [3.63, 3.8) is 0 Å². The van der Waals surface area contributed by atoms with Gasteiger partial charge in [-0.15, -0.1) is 0 Å². The number of aryl methyl sites for hydroxylation is 1. The number of nitrogens with two attached hydrogens (primary N) is 1. The summed E-state index contributed by atoms with van der Waals surface area (Å²) in [7, 11) is 0.